The summed E-state index contributed by atoms with van der Waals surface area (Å²) in [4.78, 5) is 31.9. The highest BCUT2D eigenvalue weighted by atomic mass is 32.1. The third-order valence-corrected chi connectivity index (χ3v) is 5.04. The quantitative estimate of drug-likeness (QED) is 0.160. The second kappa shape index (κ2) is 18.5. The molecular weight excluding hydrogens is 408 g/mol. The molecule has 4 nitrogen and oxygen atoms in total. The van der Waals surface area contributed by atoms with Gasteiger partial charge in [0.2, 0.25) is 0 Å². The predicted octanol–water partition coefficient (Wildman–Crippen LogP) is 7.45. The highest BCUT2D eigenvalue weighted by molar-refractivity contribution is 7.80. The van der Waals surface area contributed by atoms with Gasteiger partial charge in [0.15, 0.2) is 0 Å². The molecule has 0 spiro atoms. The fourth-order valence-corrected chi connectivity index (χ4v) is 3.14. The maximum atomic E-state index is 11.5. The van der Waals surface area contributed by atoms with Gasteiger partial charge in [0.05, 0.1) is 11.1 Å². The molecule has 0 fully saturated rings. The number of unbranched alkanes of at least 4 members (excludes halogenated alkanes) is 9. The van der Waals surface area contributed by atoms with E-state index in [0.717, 1.165) is 5.75 Å². The van der Waals surface area contributed by atoms with Crippen LogP contribution in [0, 0.1) is 0 Å². The Hall–Kier alpha value is -2.27. The molecule has 2 rings (SSSR count). The van der Waals surface area contributed by atoms with Crippen molar-refractivity contribution >= 4 is 24.6 Å². The summed E-state index contributed by atoms with van der Waals surface area (Å²) >= 11 is 4.20. The van der Waals surface area contributed by atoms with Crippen LogP contribution in [0.4, 0.5) is 0 Å². The maximum Gasteiger partial charge on any atom is 0.386 e. The minimum atomic E-state index is -0.708. The summed E-state index contributed by atoms with van der Waals surface area (Å²) in [6, 6.07) is 16.6. The number of thiol groups is 1. The van der Waals surface area contributed by atoms with Crippen LogP contribution in [0.15, 0.2) is 60.7 Å². The van der Waals surface area contributed by atoms with Gasteiger partial charge in [0.25, 0.3) is 0 Å². The van der Waals surface area contributed by atoms with Crippen molar-refractivity contribution in [1.29, 1.82) is 0 Å². The van der Waals surface area contributed by atoms with Gasteiger partial charge in [-0.05, 0) is 36.4 Å². The normalized spacial score (nSPS) is 10.0. The van der Waals surface area contributed by atoms with Crippen molar-refractivity contribution < 1.29 is 19.4 Å². The average molecular weight is 445 g/mol. The van der Waals surface area contributed by atoms with Crippen LogP contribution < -0.4 is 0 Å². The largest absolute Gasteiger partial charge is 0.386 e. The van der Waals surface area contributed by atoms with Crippen molar-refractivity contribution in [3.63, 3.8) is 0 Å². The van der Waals surface area contributed by atoms with E-state index in [1.54, 1.807) is 60.7 Å². The minimum absolute atomic E-state index is 0.318. The molecule has 0 heterocycles. The van der Waals surface area contributed by atoms with E-state index < -0.39 is 11.9 Å². The molecule has 0 aliphatic carbocycles. The zero-order valence-corrected chi connectivity index (χ0v) is 19.5. The van der Waals surface area contributed by atoms with Crippen molar-refractivity contribution in [2.75, 3.05) is 5.75 Å². The van der Waals surface area contributed by atoms with Crippen LogP contribution >= 0.6 is 12.6 Å². The van der Waals surface area contributed by atoms with E-state index in [2.05, 4.69) is 29.3 Å². The predicted molar refractivity (Wildman–Crippen MR) is 129 cm³/mol. The molecule has 0 N–H and O–H groups in total. The van der Waals surface area contributed by atoms with Gasteiger partial charge in [0.1, 0.15) is 0 Å². The summed E-state index contributed by atoms with van der Waals surface area (Å²) in [5.74, 6) is -0.351. The molecule has 0 radical (unpaired) electrons. The second-order valence-corrected chi connectivity index (χ2v) is 7.83. The maximum absolute atomic E-state index is 11.5. The van der Waals surface area contributed by atoms with Crippen LogP contribution in [0.1, 0.15) is 91.8 Å². The summed E-state index contributed by atoms with van der Waals surface area (Å²) < 4.78 is 0. The number of carbonyl (C=O) groups is 2. The lowest BCUT2D eigenvalue weighted by Crippen LogP contribution is -2.11. The van der Waals surface area contributed by atoms with Crippen molar-refractivity contribution in [2.45, 2.75) is 71.1 Å². The van der Waals surface area contributed by atoms with Crippen LogP contribution in [0.3, 0.4) is 0 Å². The van der Waals surface area contributed by atoms with Gasteiger partial charge in [0, 0.05) is 0 Å². The fourth-order valence-electron chi connectivity index (χ4n) is 2.92. The third-order valence-electron chi connectivity index (χ3n) is 4.72. The summed E-state index contributed by atoms with van der Waals surface area (Å²) in [6.45, 7) is 2.28. The first-order valence-corrected chi connectivity index (χ1v) is 12.0. The molecular formula is C26H36O4S. The van der Waals surface area contributed by atoms with E-state index in [1.165, 1.54) is 64.2 Å². The molecule has 0 aliphatic heterocycles. The van der Waals surface area contributed by atoms with Crippen molar-refractivity contribution in [3.8, 4) is 0 Å². The van der Waals surface area contributed by atoms with E-state index in [9.17, 15) is 9.59 Å². The summed E-state index contributed by atoms with van der Waals surface area (Å²) in [5.41, 5.74) is 0.636. The number of hydrogen-bond acceptors (Lipinski definition) is 5. The minimum Gasteiger partial charge on any atom is -0.242 e. The Balaban J connectivity index is 0.000000330. The van der Waals surface area contributed by atoms with E-state index >= 15 is 0 Å². The van der Waals surface area contributed by atoms with Crippen LogP contribution in [0.5, 0.6) is 0 Å². The Kier molecular flexibility index (Phi) is 16.0. The van der Waals surface area contributed by atoms with Crippen molar-refractivity contribution in [2.24, 2.45) is 0 Å². The highest BCUT2D eigenvalue weighted by Crippen LogP contribution is 2.10. The van der Waals surface area contributed by atoms with Crippen LogP contribution in [-0.2, 0) is 9.78 Å². The number of hydrogen-bond donors (Lipinski definition) is 1. The lowest BCUT2D eigenvalue weighted by Gasteiger charge is -2.02. The number of benzene rings is 2. The highest BCUT2D eigenvalue weighted by Gasteiger charge is 2.13. The Morgan fingerprint density at radius 1 is 0.613 bits per heavy atom. The van der Waals surface area contributed by atoms with Crippen LogP contribution in [-0.4, -0.2) is 17.7 Å². The lowest BCUT2D eigenvalue weighted by molar-refractivity contribution is -0.187. The monoisotopic (exact) mass is 444 g/mol. The van der Waals surface area contributed by atoms with Gasteiger partial charge in [-0.2, -0.15) is 12.6 Å². The molecule has 0 amide bonds. The van der Waals surface area contributed by atoms with E-state index in [-0.39, 0.29) is 0 Å². The standard InChI is InChI=1S/C14H10O4.C12H26S/c15-13(11-7-3-1-4-8-11)17-18-14(16)12-9-5-2-6-10-12;1-2-3-4-5-6-7-8-9-10-11-12-13/h1-10H;13H,2-12H2,1H3. The van der Waals surface area contributed by atoms with Crippen molar-refractivity contribution in [1.82, 2.24) is 0 Å². The van der Waals surface area contributed by atoms with Crippen LogP contribution in [0.2, 0.25) is 0 Å². The molecule has 31 heavy (non-hydrogen) atoms. The number of rotatable bonds is 12. The van der Waals surface area contributed by atoms with Gasteiger partial charge in [-0.3, -0.25) is 0 Å². The zero-order chi connectivity index (χ0) is 22.6. The molecule has 5 heteroatoms. The first-order chi connectivity index (χ1) is 15.2. The molecule has 2 aromatic rings. The molecule has 0 aromatic heterocycles. The summed E-state index contributed by atoms with van der Waals surface area (Å²) in [5, 5.41) is 0. The molecule has 0 aliphatic rings. The fraction of sp³-hybridized carbons (Fsp3) is 0.462. The Bertz CT molecular complexity index is 642. The van der Waals surface area contributed by atoms with E-state index in [1.807, 2.05) is 0 Å². The van der Waals surface area contributed by atoms with Gasteiger partial charge >= 0.3 is 11.9 Å². The second-order valence-electron chi connectivity index (χ2n) is 7.38. The molecule has 0 bridgehead atoms. The van der Waals surface area contributed by atoms with Gasteiger partial charge in [-0.25, -0.2) is 19.4 Å². The number of carbonyl (C=O) groups excluding carboxylic acids is 2. The molecule has 2 aromatic carbocycles. The van der Waals surface area contributed by atoms with Gasteiger partial charge < -0.3 is 0 Å². The van der Waals surface area contributed by atoms with Crippen LogP contribution in [0.25, 0.3) is 0 Å². The third kappa shape index (κ3) is 13.6. The SMILES string of the molecule is CCCCCCCCCCCCS.O=C(OOC(=O)c1ccccc1)c1ccccc1. The van der Waals surface area contributed by atoms with E-state index in [4.69, 9.17) is 0 Å². The van der Waals surface area contributed by atoms with Gasteiger partial charge in [-0.1, -0.05) is 101 Å². The topological polar surface area (TPSA) is 52.6 Å². The summed E-state index contributed by atoms with van der Waals surface area (Å²) in [7, 11) is 0. The van der Waals surface area contributed by atoms with Gasteiger partial charge in [-0.15, -0.1) is 0 Å². The Morgan fingerprint density at radius 3 is 1.32 bits per heavy atom. The zero-order valence-electron chi connectivity index (χ0n) is 18.6. The molecule has 0 saturated heterocycles. The molecule has 0 atom stereocenters. The first-order valence-electron chi connectivity index (χ1n) is 11.3. The Morgan fingerprint density at radius 2 is 0.968 bits per heavy atom. The van der Waals surface area contributed by atoms with Crippen molar-refractivity contribution in [3.05, 3.63) is 71.8 Å². The smallest absolute Gasteiger partial charge is 0.242 e. The summed E-state index contributed by atoms with van der Waals surface area (Å²) in [6.07, 6.45) is 14.2. The molecule has 0 saturated carbocycles. The first kappa shape index (κ1) is 26.8. The average Bonchev–Trinajstić information content (AvgIpc) is 2.83. The molecule has 170 valence electrons. The molecule has 0 unspecified atom stereocenters. The van der Waals surface area contributed by atoms with E-state index in [0.29, 0.717) is 11.1 Å². The Labute approximate surface area is 192 Å². The lowest BCUT2D eigenvalue weighted by atomic mass is 10.1.